The van der Waals surface area contributed by atoms with E-state index in [9.17, 15) is 4.79 Å². The monoisotopic (exact) mass is 223 g/mol. The van der Waals surface area contributed by atoms with Gasteiger partial charge in [0, 0.05) is 25.2 Å². The van der Waals surface area contributed by atoms with Gasteiger partial charge in [-0.05, 0) is 24.8 Å². The van der Waals surface area contributed by atoms with Crippen molar-refractivity contribution in [3.05, 3.63) is 17.0 Å². The topological polar surface area (TPSA) is 81.1 Å². The van der Waals surface area contributed by atoms with Crippen molar-refractivity contribution >= 4 is 5.97 Å². The van der Waals surface area contributed by atoms with E-state index < -0.39 is 5.97 Å². The van der Waals surface area contributed by atoms with Crippen LogP contribution in [0.5, 0.6) is 0 Å². The van der Waals surface area contributed by atoms with Crippen molar-refractivity contribution in [2.24, 2.45) is 12.8 Å². The van der Waals surface area contributed by atoms with Gasteiger partial charge in [0.1, 0.15) is 0 Å². The van der Waals surface area contributed by atoms with Crippen LogP contribution in [0.15, 0.2) is 0 Å². The molecule has 0 saturated heterocycles. The predicted octanol–water partition coefficient (Wildman–Crippen LogP) is 0.426. The van der Waals surface area contributed by atoms with E-state index in [0.717, 1.165) is 25.0 Å². The van der Waals surface area contributed by atoms with Gasteiger partial charge in [-0.3, -0.25) is 9.48 Å². The highest BCUT2D eigenvalue weighted by Gasteiger charge is 2.26. The molecule has 5 nitrogen and oxygen atoms in total. The Morgan fingerprint density at radius 1 is 1.62 bits per heavy atom. The molecule has 3 N–H and O–H groups in total. The van der Waals surface area contributed by atoms with Gasteiger partial charge >= 0.3 is 5.97 Å². The molecule has 5 heteroatoms. The van der Waals surface area contributed by atoms with Gasteiger partial charge in [0.05, 0.1) is 12.1 Å². The van der Waals surface area contributed by atoms with Crippen molar-refractivity contribution in [2.75, 3.05) is 6.54 Å². The van der Waals surface area contributed by atoms with E-state index in [1.807, 2.05) is 11.7 Å². The maximum Gasteiger partial charge on any atom is 0.304 e. The van der Waals surface area contributed by atoms with Crippen LogP contribution in [-0.2, 0) is 24.7 Å². The van der Waals surface area contributed by atoms with Gasteiger partial charge in [-0.15, -0.1) is 0 Å². The Morgan fingerprint density at radius 2 is 2.38 bits per heavy atom. The Hall–Kier alpha value is -1.36. The summed E-state index contributed by atoms with van der Waals surface area (Å²) in [6, 6.07) is 0. The molecular weight excluding hydrogens is 206 g/mol. The Labute approximate surface area is 94.2 Å². The number of aromatic nitrogens is 2. The van der Waals surface area contributed by atoms with Gasteiger partial charge < -0.3 is 10.8 Å². The van der Waals surface area contributed by atoms with Crippen molar-refractivity contribution in [3.63, 3.8) is 0 Å². The van der Waals surface area contributed by atoms with E-state index in [1.165, 1.54) is 11.3 Å². The number of hydrogen-bond donors (Lipinski definition) is 2. The molecule has 88 valence electrons. The number of aryl methyl sites for hydroxylation is 1. The van der Waals surface area contributed by atoms with E-state index in [-0.39, 0.29) is 12.3 Å². The zero-order chi connectivity index (χ0) is 11.7. The molecule has 0 radical (unpaired) electrons. The number of nitrogens with zero attached hydrogens (tertiary/aromatic N) is 2. The molecule has 16 heavy (non-hydrogen) atoms. The number of nitrogens with two attached hydrogens (primary N) is 1. The first-order chi connectivity index (χ1) is 7.63. The number of rotatable bonds is 4. The van der Waals surface area contributed by atoms with Gasteiger partial charge in [-0.25, -0.2) is 0 Å². The molecule has 0 bridgehead atoms. The lowest BCUT2D eigenvalue weighted by atomic mass is 9.97. The fourth-order valence-electron chi connectivity index (χ4n) is 2.47. The molecule has 0 spiro atoms. The van der Waals surface area contributed by atoms with E-state index in [0.29, 0.717) is 6.54 Å². The quantitative estimate of drug-likeness (QED) is 0.775. The van der Waals surface area contributed by atoms with Crippen LogP contribution < -0.4 is 5.73 Å². The molecule has 0 aliphatic heterocycles. The molecule has 0 aromatic carbocycles. The lowest BCUT2D eigenvalue weighted by Crippen LogP contribution is -2.18. The summed E-state index contributed by atoms with van der Waals surface area (Å²) in [5.41, 5.74) is 9.03. The van der Waals surface area contributed by atoms with Crippen LogP contribution in [0.25, 0.3) is 0 Å². The highest BCUT2D eigenvalue weighted by atomic mass is 16.4. The van der Waals surface area contributed by atoms with Crippen LogP contribution in [0, 0.1) is 0 Å². The average molecular weight is 223 g/mol. The van der Waals surface area contributed by atoms with E-state index in [1.54, 1.807) is 0 Å². The van der Waals surface area contributed by atoms with Crippen LogP contribution in [-0.4, -0.2) is 27.4 Å². The molecular formula is C11H17N3O2. The summed E-state index contributed by atoms with van der Waals surface area (Å²) in [4.78, 5) is 10.8. The Balaban J connectivity index is 2.31. The normalized spacial score (nSPS) is 16.1. The second-order valence-corrected chi connectivity index (χ2v) is 4.32. The minimum atomic E-state index is -0.812. The fraction of sp³-hybridized carbons (Fsp3) is 0.636. The largest absolute Gasteiger partial charge is 0.481 e. The summed E-state index contributed by atoms with van der Waals surface area (Å²) in [6.07, 6.45) is 3.26. The van der Waals surface area contributed by atoms with E-state index in [4.69, 9.17) is 10.8 Å². The van der Waals surface area contributed by atoms with Crippen LogP contribution in [0.2, 0.25) is 0 Å². The van der Waals surface area contributed by atoms with Crippen LogP contribution in [0.3, 0.4) is 0 Å². The van der Waals surface area contributed by atoms with Gasteiger partial charge in [0.15, 0.2) is 0 Å². The Morgan fingerprint density at radius 3 is 3.00 bits per heavy atom. The third-order valence-corrected chi connectivity index (χ3v) is 3.24. The highest BCUT2D eigenvalue weighted by Crippen LogP contribution is 2.30. The molecule has 2 rings (SSSR count). The molecule has 0 amide bonds. The second kappa shape index (κ2) is 4.25. The third-order valence-electron chi connectivity index (χ3n) is 3.24. The zero-order valence-corrected chi connectivity index (χ0v) is 9.44. The van der Waals surface area contributed by atoms with Gasteiger partial charge in [-0.2, -0.15) is 5.10 Å². The number of aliphatic carboxylic acids is 1. The highest BCUT2D eigenvalue weighted by molar-refractivity contribution is 5.68. The number of carboxylic acid groups (broad SMARTS) is 1. The van der Waals surface area contributed by atoms with Crippen LogP contribution in [0.4, 0.5) is 0 Å². The summed E-state index contributed by atoms with van der Waals surface area (Å²) in [5, 5.41) is 13.3. The molecule has 1 atom stereocenters. The van der Waals surface area contributed by atoms with Crippen LogP contribution >= 0.6 is 0 Å². The summed E-state index contributed by atoms with van der Waals surface area (Å²) in [5.74, 6) is -0.960. The van der Waals surface area contributed by atoms with Crippen molar-refractivity contribution in [1.29, 1.82) is 0 Å². The number of carbonyl (C=O) groups is 1. The first kappa shape index (κ1) is 11.1. The summed E-state index contributed by atoms with van der Waals surface area (Å²) in [6.45, 7) is 0.343. The lowest BCUT2D eigenvalue weighted by molar-refractivity contribution is -0.137. The Bertz CT molecular complexity index is 412. The molecule has 0 saturated carbocycles. The zero-order valence-electron chi connectivity index (χ0n) is 9.44. The molecule has 1 heterocycles. The van der Waals surface area contributed by atoms with E-state index >= 15 is 0 Å². The van der Waals surface area contributed by atoms with Crippen molar-refractivity contribution < 1.29 is 9.90 Å². The number of fused-ring (bicyclic) bond motifs is 1. The molecule has 0 fully saturated rings. The maximum atomic E-state index is 10.8. The van der Waals surface area contributed by atoms with Gasteiger partial charge in [0.2, 0.25) is 0 Å². The number of hydrogen-bond acceptors (Lipinski definition) is 3. The van der Waals surface area contributed by atoms with E-state index in [2.05, 4.69) is 5.10 Å². The minimum Gasteiger partial charge on any atom is -0.481 e. The summed E-state index contributed by atoms with van der Waals surface area (Å²) in [7, 11) is 1.92. The van der Waals surface area contributed by atoms with Crippen LogP contribution in [0.1, 0.15) is 35.7 Å². The molecule has 1 aromatic rings. The molecule has 1 aromatic heterocycles. The smallest absolute Gasteiger partial charge is 0.304 e. The third kappa shape index (κ3) is 1.82. The molecule has 1 unspecified atom stereocenters. The van der Waals surface area contributed by atoms with Crippen molar-refractivity contribution in [3.8, 4) is 0 Å². The van der Waals surface area contributed by atoms with Gasteiger partial charge in [0.25, 0.3) is 0 Å². The first-order valence-electron chi connectivity index (χ1n) is 5.60. The van der Waals surface area contributed by atoms with Crippen molar-refractivity contribution in [2.45, 2.75) is 31.6 Å². The lowest BCUT2D eigenvalue weighted by Gasteiger charge is -2.10. The minimum absolute atomic E-state index is 0.0694. The molecule has 1 aliphatic carbocycles. The first-order valence-corrected chi connectivity index (χ1v) is 5.60. The SMILES string of the molecule is Cn1nc(C(CN)CC(=O)O)c2c1CCC2. The standard InChI is InChI=1S/C11H17N3O2/c1-14-9-4-2-3-8(9)11(13-14)7(6-12)5-10(15)16/h7H,2-6,12H2,1H3,(H,15,16). The fourth-order valence-corrected chi connectivity index (χ4v) is 2.47. The summed E-state index contributed by atoms with van der Waals surface area (Å²) < 4.78 is 1.88. The maximum absolute atomic E-state index is 10.8. The van der Waals surface area contributed by atoms with Gasteiger partial charge in [-0.1, -0.05) is 0 Å². The van der Waals surface area contributed by atoms with Crippen molar-refractivity contribution in [1.82, 2.24) is 9.78 Å². The predicted molar refractivity (Wildman–Crippen MR) is 59.3 cm³/mol. The Kier molecular flexibility index (Phi) is 2.96. The summed E-state index contributed by atoms with van der Waals surface area (Å²) >= 11 is 0. The average Bonchev–Trinajstić information content (AvgIpc) is 2.79. The molecule has 1 aliphatic rings. The number of carboxylic acids is 1. The second-order valence-electron chi connectivity index (χ2n) is 4.32.